The molecule has 506 valence electrons. The summed E-state index contributed by atoms with van der Waals surface area (Å²) in [5.74, 6) is 4.92. The third-order valence-corrected chi connectivity index (χ3v) is 25.8. The van der Waals surface area contributed by atoms with Crippen LogP contribution in [0.25, 0.3) is 10.8 Å². The number of guanidine groups is 1. The van der Waals surface area contributed by atoms with E-state index in [1.54, 1.807) is 12.1 Å². The molecule has 17 rings (SSSR count). The van der Waals surface area contributed by atoms with Gasteiger partial charge in [-0.1, -0.05) is 147 Å². The van der Waals surface area contributed by atoms with Crippen molar-refractivity contribution in [3.63, 3.8) is 0 Å². The van der Waals surface area contributed by atoms with Crippen LogP contribution in [-0.2, 0) is 59.2 Å². The van der Waals surface area contributed by atoms with Crippen molar-refractivity contribution >= 4 is 26.9 Å². The molecule has 2 saturated carbocycles. The van der Waals surface area contributed by atoms with E-state index >= 15 is 0 Å². The number of aliphatic hydroxyl groups is 3. The normalized spacial score (nSPS) is 29.8. The minimum atomic E-state index is -4.73. The molecule has 1 saturated heterocycles. The van der Waals surface area contributed by atoms with Crippen LogP contribution in [0.15, 0.2) is 156 Å². The number of nitrogens with two attached hydrogens (primary N) is 2. The minimum absolute atomic E-state index is 0.00524. The van der Waals surface area contributed by atoms with Gasteiger partial charge in [0.15, 0.2) is 5.96 Å². The summed E-state index contributed by atoms with van der Waals surface area (Å²) in [6.45, 7) is 2.84. The highest BCUT2D eigenvalue weighted by atomic mass is 32.2. The highest BCUT2D eigenvalue weighted by molar-refractivity contribution is 7.86. The molecule has 5 aliphatic heterocycles. The van der Waals surface area contributed by atoms with Gasteiger partial charge in [0.1, 0.15) is 17.6 Å². The van der Waals surface area contributed by atoms with Gasteiger partial charge < -0.3 is 46.7 Å². The average Bonchev–Trinajstić information content (AvgIpc) is 1.74. The van der Waals surface area contributed by atoms with Crippen LogP contribution in [0.5, 0.6) is 11.5 Å². The first kappa shape index (κ1) is 65.6. The van der Waals surface area contributed by atoms with E-state index in [4.69, 9.17) is 25.9 Å². The molecule has 7 aromatic carbocycles. The van der Waals surface area contributed by atoms with Crippen molar-refractivity contribution in [3.8, 4) is 23.3 Å². The van der Waals surface area contributed by atoms with Crippen molar-refractivity contribution in [2.45, 2.75) is 188 Å². The predicted octanol–water partition coefficient (Wildman–Crippen LogP) is 13.9. The Kier molecular flexibility index (Phi) is 17.9. The lowest BCUT2D eigenvalue weighted by Crippen LogP contribution is -2.52. The Balaban J connectivity index is 0.858. The second-order valence-electron chi connectivity index (χ2n) is 30.7. The van der Waals surface area contributed by atoms with Crippen LogP contribution >= 0.6 is 0 Å². The van der Waals surface area contributed by atoms with Gasteiger partial charge in [-0.05, 0) is 246 Å². The standard InChI is InChI=1S/C83H94N4O9S/c1-50-17-18-58-39-66-26-30-69(58)73(50)43-77(97(92,93)94)75-41-60-37-59(40-67-34-52(48-88)13-10-15-56-38-65(89)25-29-72(56)79(60)95-67)78(75)53-19-23-63(24-20-53)83(96-66,87-80(84)85)46-64(33-51-11-4-3-5-12-51)82(91)45-62(44-81(49-82)31-8-9-32-81)54-21-28-71-57(35-54)22-27-70-61(47-86-2)36-55-14-6-7-16-68(55)74(70)42-76(71)90/h3-7,11-12,14,16,19-21,23-26,28-30,35-36,38-39,41,50,52,59,62,64,67,73,75-79,86,88-91H,8-9,13,17-18,22,27,31-34,37,40,42-49H2,1-2H3,(H4,84,85,87)(H,92,93,94). The average molecular weight is 1320 g/mol. The molecular formula is C83H94N4O9S. The number of aryl methyl sites for hydroxylation is 2. The van der Waals surface area contributed by atoms with Crippen LogP contribution in [0, 0.1) is 46.8 Å². The maximum Gasteiger partial charge on any atom is 0.268 e. The van der Waals surface area contributed by atoms with E-state index in [0.717, 1.165) is 109 Å². The number of rotatable bonds is 11. The molecule has 10 N–H and O–H groups in total. The Morgan fingerprint density at radius 2 is 1.58 bits per heavy atom. The molecule has 3 fully saturated rings. The summed E-state index contributed by atoms with van der Waals surface area (Å²) >= 11 is 0. The van der Waals surface area contributed by atoms with Crippen molar-refractivity contribution in [1.29, 1.82) is 0 Å². The number of aliphatic imine (C=N–C) groups is 1. The fourth-order valence-electron chi connectivity index (χ4n) is 20.2. The van der Waals surface area contributed by atoms with Gasteiger partial charge in [0.25, 0.3) is 10.1 Å². The zero-order chi connectivity index (χ0) is 67.0. The minimum Gasteiger partial charge on any atom is -0.508 e. The second kappa shape index (κ2) is 26.4. The van der Waals surface area contributed by atoms with Crippen molar-refractivity contribution < 1.29 is 42.9 Å². The van der Waals surface area contributed by atoms with Gasteiger partial charge in [0.2, 0.25) is 5.72 Å². The zero-order valence-corrected chi connectivity index (χ0v) is 56.8. The Bertz CT molecular complexity index is 4360. The molecule has 7 aromatic rings. The molecule has 10 bridgehead atoms. The fraction of sp³-hybridized carbons (Fsp3) is 0.458. The highest BCUT2D eigenvalue weighted by Crippen LogP contribution is 2.61. The van der Waals surface area contributed by atoms with E-state index in [1.165, 1.54) is 33.0 Å². The number of hydrogen-bond donors (Lipinski definition) is 8. The van der Waals surface area contributed by atoms with Crippen LogP contribution in [0.1, 0.15) is 199 Å². The van der Waals surface area contributed by atoms with E-state index in [0.29, 0.717) is 68.2 Å². The highest BCUT2D eigenvalue weighted by Gasteiger charge is 2.55. The number of benzene rings is 7. The molecular weight excluding hydrogens is 1230 g/mol. The Morgan fingerprint density at radius 3 is 2.36 bits per heavy atom. The molecule has 14 heteroatoms. The molecule has 97 heavy (non-hydrogen) atoms. The van der Waals surface area contributed by atoms with Gasteiger partial charge in [0, 0.05) is 55.0 Å². The lowest BCUT2D eigenvalue weighted by Gasteiger charge is -2.52. The molecule has 5 aliphatic carbocycles. The molecule has 5 heterocycles. The summed E-state index contributed by atoms with van der Waals surface area (Å²) in [6, 6.07) is 47.7. The molecule has 14 unspecified atom stereocenters. The number of allylic oxidation sites excluding steroid dienone is 1. The number of hydrogen-bond acceptors (Lipinski definition) is 10. The molecule has 0 amide bonds. The van der Waals surface area contributed by atoms with E-state index in [2.05, 4.69) is 127 Å². The lowest BCUT2D eigenvalue weighted by molar-refractivity contribution is -0.116. The second-order valence-corrected chi connectivity index (χ2v) is 32.3. The molecule has 13 nitrogen and oxygen atoms in total. The number of fused-ring (bicyclic) bond motifs is 12. The number of phenolic OH excluding ortho intramolecular Hbond substituents is 1. The summed E-state index contributed by atoms with van der Waals surface area (Å²) < 4.78 is 56.2. The van der Waals surface area contributed by atoms with Gasteiger partial charge in [-0.2, -0.15) is 8.42 Å². The Hall–Kier alpha value is -7.32. The number of aliphatic hydroxyl groups excluding tert-OH is 2. The first-order valence-electron chi connectivity index (χ1n) is 35.9. The molecule has 0 radical (unpaired) electrons. The van der Waals surface area contributed by atoms with Crippen molar-refractivity contribution in [3.05, 3.63) is 224 Å². The molecule has 10 aliphatic rings. The van der Waals surface area contributed by atoms with E-state index < -0.39 is 56.7 Å². The number of ether oxygens (including phenoxy) is 2. The zero-order valence-electron chi connectivity index (χ0n) is 56.0. The Morgan fingerprint density at radius 1 is 0.814 bits per heavy atom. The van der Waals surface area contributed by atoms with Gasteiger partial charge in [0.05, 0.1) is 23.1 Å². The van der Waals surface area contributed by atoms with E-state index in [1.807, 2.05) is 37.4 Å². The largest absolute Gasteiger partial charge is 0.508 e. The maximum absolute atomic E-state index is 14.7. The smallest absolute Gasteiger partial charge is 0.268 e. The number of nitrogens with zero attached hydrogens (tertiary/aromatic N) is 1. The van der Waals surface area contributed by atoms with Crippen molar-refractivity contribution in [2.24, 2.45) is 51.5 Å². The van der Waals surface area contributed by atoms with Gasteiger partial charge in [-0.3, -0.25) is 4.55 Å². The van der Waals surface area contributed by atoms with Crippen LogP contribution < -0.4 is 21.5 Å². The van der Waals surface area contributed by atoms with Crippen LogP contribution in [0.2, 0.25) is 0 Å². The van der Waals surface area contributed by atoms with Gasteiger partial charge in [-0.15, -0.1) is 0 Å². The third-order valence-electron chi connectivity index (χ3n) is 24.6. The predicted molar refractivity (Wildman–Crippen MR) is 381 cm³/mol. The van der Waals surface area contributed by atoms with E-state index in [-0.39, 0.29) is 72.3 Å². The number of aromatic hydroxyl groups is 1. The fourth-order valence-corrected chi connectivity index (χ4v) is 21.3. The van der Waals surface area contributed by atoms with Crippen molar-refractivity contribution in [2.75, 3.05) is 13.7 Å². The van der Waals surface area contributed by atoms with Crippen molar-refractivity contribution in [1.82, 2.24) is 5.32 Å². The summed E-state index contributed by atoms with van der Waals surface area (Å²) in [5, 5.41) is 53.2. The van der Waals surface area contributed by atoms with Crippen LogP contribution in [0.3, 0.4) is 0 Å². The van der Waals surface area contributed by atoms with Crippen LogP contribution in [-0.4, -0.2) is 70.0 Å². The topological polar surface area (TPSA) is 230 Å². The van der Waals surface area contributed by atoms with Gasteiger partial charge >= 0.3 is 0 Å². The quantitative estimate of drug-likeness (QED) is 0.0199. The molecule has 14 atom stereocenters. The monoisotopic (exact) mass is 1320 g/mol. The van der Waals surface area contributed by atoms with E-state index in [9.17, 15) is 33.4 Å². The van der Waals surface area contributed by atoms with Gasteiger partial charge in [-0.25, -0.2) is 4.99 Å². The summed E-state index contributed by atoms with van der Waals surface area (Å²) in [7, 11) is -2.74. The first-order chi connectivity index (χ1) is 46.8. The maximum atomic E-state index is 14.7. The van der Waals surface area contributed by atoms with Crippen LogP contribution in [0.4, 0.5) is 0 Å². The SMILES string of the molecule is CNCc1cc2ccccc2c2c1CCc1cc(C3CC4(CCCC4)CC(O)(C(Cc4ccccc4)CC4(N=C(N)N)Oc5ccc6c(c5)CCC(C)C6CC(S(=O)(=O)O)C5C=C6CC(CC7CC(CO)CC#Cc8cc(O)ccc8C6O7)C5c5ccc4cc5)C3)ccc1C(O)C2. The third kappa shape index (κ3) is 12.9. The molecule has 1 spiro atoms. The summed E-state index contributed by atoms with van der Waals surface area (Å²) in [4.78, 5) is 5.32. The first-order valence-corrected chi connectivity index (χ1v) is 37.4. The number of nitrogens with one attached hydrogen (secondary N) is 1. The Labute approximate surface area is 572 Å². The summed E-state index contributed by atoms with van der Waals surface area (Å²) in [5.41, 5.74) is 24.7. The lowest BCUT2D eigenvalue weighted by atomic mass is 9.56. The molecule has 0 aromatic heterocycles. The summed E-state index contributed by atoms with van der Waals surface area (Å²) in [6.07, 6.45) is 13.3. The number of phenols is 1.